The Balaban J connectivity index is 1.64. The second-order valence-electron chi connectivity index (χ2n) is 7.31. The molecule has 3 rings (SSSR count). The molecule has 0 aliphatic rings. The number of carbonyl (C=O) groups is 1. The molecule has 1 heterocycles. The Bertz CT molecular complexity index is 1100. The van der Waals surface area contributed by atoms with Gasteiger partial charge in [0.15, 0.2) is 9.84 Å². The number of sulfone groups is 1. The molecular formula is C23H25N3O3S. The Morgan fingerprint density at radius 3 is 2.40 bits per heavy atom. The van der Waals surface area contributed by atoms with Gasteiger partial charge in [-0.15, -0.1) is 0 Å². The Labute approximate surface area is 177 Å². The molecule has 6 nitrogen and oxygen atoms in total. The van der Waals surface area contributed by atoms with Crippen LogP contribution in [0.25, 0.3) is 0 Å². The van der Waals surface area contributed by atoms with Crippen LogP contribution in [-0.4, -0.2) is 19.4 Å². The first-order chi connectivity index (χ1) is 14.3. The molecule has 2 amide bonds. The molecule has 2 N–H and O–H groups in total. The second-order valence-corrected chi connectivity index (χ2v) is 9.30. The van der Waals surface area contributed by atoms with Crippen molar-refractivity contribution in [1.82, 2.24) is 10.3 Å². The van der Waals surface area contributed by atoms with Crippen LogP contribution >= 0.6 is 0 Å². The van der Waals surface area contributed by atoms with Gasteiger partial charge in [0.1, 0.15) is 0 Å². The maximum atomic E-state index is 12.9. The molecule has 2 aromatic carbocycles. The van der Waals surface area contributed by atoms with Gasteiger partial charge in [0.2, 0.25) is 0 Å². The molecule has 0 fully saturated rings. The summed E-state index contributed by atoms with van der Waals surface area (Å²) < 4.78 is 25.7. The minimum absolute atomic E-state index is 0.0558. The van der Waals surface area contributed by atoms with Crippen LogP contribution < -0.4 is 10.6 Å². The highest BCUT2D eigenvalue weighted by Crippen LogP contribution is 2.24. The zero-order chi connectivity index (χ0) is 21.6. The van der Waals surface area contributed by atoms with E-state index in [1.165, 1.54) is 12.1 Å². The monoisotopic (exact) mass is 423 g/mol. The van der Waals surface area contributed by atoms with Gasteiger partial charge < -0.3 is 10.6 Å². The maximum Gasteiger partial charge on any atom is 0.319 e. The highest BCUT2D eigenvalue weighted by atomic mass is 32.2. The molecule has 0 bridgehead atoms. The summed E-state index contributed by atoms with van der Waals surface area (Å²) in [5.41, 5.74) is 3.24. The number of aromatic nitrogens is 1. The van der Waals surface area contributed by atoms with Crippen molar-refractivity contribution in [3.63, 3.8) is 0 Å². The van der Waals surface area contributed by atoms with Crippen LogP contribution in [0.2, 0.25) is 0 Å². The summed E-state index contributed by atoms with van der Waals surface area (Å²) in [4.78, 5) is 16.3. The number of nitrogens with zero attached hydrogens (tertiary/aromatic N) is 1. The van der Waals surface area contributed by atoms with Crippen molar-refractivity contribution in [2.45, 2.75) is 37.0 Å². The number of pyridine rings is 1. The normalized spacial score (nSPS) is 11.3. The smallest absolute Gasteiger partial charge is 0.319 e. The van der Waals surface area contributed by atoms with Gasteiger partial charge in [0.25, 0.3) is 0 Å². The average molecular weight is 424 g/mol. The largest absolute Gasteiger partial charge is 0.334 e. The summed E-state index contributed by atoms with van der Waals surface area (Å²) in [5.74, 6) is 0.188. The van der Waals surface area contributed by atoms with E-state index in [2.05, 4.69) is 15.6 Å². The van der Waals surface area contributed by atoms with Gasteiger partial charge in [-0.2, -0.15) is 0 Å². The molecular weight excluding hydrogens is 398 g/mol. The van der Waals surface area contributed by atoms with E-state index in [0.717, 1.165) is 16.7 Å². The lowest BCUT2D eigenvalue weighted by Gasteiger charge is -2.13. The van der Waals surface area contributed by atoms with Gasteiger partial charge in [-0.25, -0.2) is 13.2 Å². The van der Waals surface area contributed by atoms with Gasteiger partial charge in [-0.05, 0) is 52.9 Å². The molecule has 0 spiro atoms. The zero-order valence-corrected chi connectivity index (χ0v) is 17.8. The number of anilines is 1. The SMILES string of the molecule is CC(C)c1ccccc1CS(=O)(=O)c1ccc(NC(=O)NCc2cccnc2)cc1. The lowest BCUT2D eigenvalue weighted by Crippen LogP contribution is -2.28. The van der Waals surface area contributed by atoms with Gasteiger partial charge in [0.05, 0.1) is 10.6 Å². The molecule has 3 aromatic rings. The quantitative estimate of drug-likeness (QED) is 0.586. The Kier molecular flexibility index (Phi) is 6.84. The van der Waals surface area contributed by atoms with E-state index in [4.69, 9.17) is 0 Å². The van der Waals surface area contributed by atoms with Gasteiger partial charge in [-0.3, -0.25) is 4.98 Å². The molecule has 0 aliphatic heterocycles. The maximum absolute atomic E-state index is 12.9. The van der Waals surface area contributed by atoms with E-state index < -0.39 is 9.84 Å². The van der Waals surface area contributed by atoms with E-state index in [-0.39, 0.29) is 22.6 Å². The van der Waals surface area contributed by atoms with Gasteiger partial charge in [-0.1, -0.05) is 44.2 Å². The van der Waals surface area contributed by atoms with Crippen molar-refractivity contribution < 1.29 is 13.2 Å². The molecule has 156 valence electrons. The summed E-state index contributed by atoms with van der Waals surface area (Å²) >= 11 is 0. The van der Waals surface area contributed by atoms with Crippen LogP contribution in [0.4, 0.5) is 10.5 Å². The molecule has 30 heavy (non-hydrogen) atoms. The minimum Gasteiger partial charge on any atom is -0.334 e. The van der Waals surface area contributed by atoms with Crippen LogP contribution in [-0.2, 0) is 22.1 Å². The van der Waals surface area contributed by atoms with Crippen molar-refractivity contribution in [3.05, 3.63) is 89.7 Å². The Morgan fingerprint density at radius 1 is 1.00 bits per heavy atom. The molecule has 0 saturated carbocycles. The van der Waals surface area contributed by atoms with Gasteiger partial charge >= 0.3 is 6.03 Å². The molecule has 0 aliphatic carbocycles. The predicted octanol–water partition coefficient (Wildman–Crippen LogP) is 4.50. The van der Waals surface area contributed by atoms with Crippen molar-refractivity contribution in [1.29, 1.82) is 0 Å². The average Bonchev–Trinajstić information content (AvgIpc) is 2.73. The molecule has 0 radical (unpaired) electrons. The number of nitrogens with one attached hydrogen (secondary N) is 2. The number of hydrogen-bond donors (Lipinski definition) is 2. The molecule has 0 unspecified atom stereocenters. The first-order valence-electron chi connectivity index (χ1n) is 9.69. The third kappa shape index (κ3) is 5.67. The summed E-state index contributed by atoms with van der Waals surface area (Å²) in [6.07, 6.45) is 3.35. The topological polar surface area (TPSA) is 88.2 Å². The minimum atomic E-state index is -3.50. The number of benzene rings is 2. The summed E-state index contributed by atoms with van der Waals surface area (Å²) in [6.45, 7) is 4.44. The third-order valence-corrected chi connectivity index (χ3v) is 6.35. The molecule has 7 heteroatoms. The lowest BCUT2D eigenvalue weighted by atomic mass is 9.98. The fraction of sp³-hybridized carbons (Fsp3) is 0.217. The van der Waals surface area contributed by atoms with Crippen molar-refractivity contribution in [2.24, 2.45) is 0 Å². The highest BCUT2D eigenvalue weighted by molar-refractivity contribution is 7.90. The Morgan fingerprint density at radius 2 is 1.73 bits per heavy atom. The standard InChI is InChI=1S/C23H25N3O3S/c1-17(2)22-8-4-3-7-19(22)16-30(28,29)21-11-9-20(10-12-21)26-23(27)25-15-18-6-5-13-24-14-18/h3-14,17H,15-16H2,1-2H3,(H2,25,26,27). The summed E-state index contributed by atoms with van der Waals surface area (Å²) in [6, 6.07) is 17.1. The molecule has 0 atom stereocenters. The van der Waals surface area contributed by atoms with Crippen LogP contribution in [0.1, 0.15) is 36.5 Å². The van der Waals surface area contributed by atoms with Gasteiger partial charge in [0, 0.05) is 24.6 Å². The van der Waals surface area contributed by atoms with E-state index in [9.17, 15) is 13.2 Å². The van der Waals surface area contributed by atoms with E-state index in [1.54, 1.807) is 30.6 Å². The lowest BCUT2D eigenvalue weighted by molar-refractivity contribution is 0.251. The number of amides is 2. The number of rotatable bonds is 7. The van der Waals surface area contributed by atoms with Crippen molar-refractivity contribution in [2.75, 3.05) is 5.32 Å². The van der Waals surface area contributed by atoms with Crippen molar-refractivity contribution >= 4 is 21.6 Å². The van der Waals surface area contributed by atoms with E-state index in [1.807, 2.05) is 44.2 Å². The fourth-order valence-electron chi connectivity index (χ4n) is 3.12. The predicted molar refractivity (Wildman–Crippen MR) is 118 cm³/mol. The summed E-state index contributed by atoms with van der Waals surface area (Å²) in [7, 11) is -3.50. The van der Waals surface area contributed by atoms with Crippen LogP contribution in [0.5, 0.6) is 0 Å². The number of carbonyl (C=O) groups excluding carboxylic acids is 1. The van der Waals surface area contributed by atoms with Crippen molar-refractivity contribution in [3.8, 4) is 0 Å². The molecule has 0 saturated heterocycles. The first-order valence-corrected chi connectivity index (χ1v) is 11.3. The van der Waals surface area contributed by atoms with E-state index >= 15 is 0 Å². The van der Waals surface area contributed by atoms with Crippen LogP contribution in [0, 0.1) is 0 Å². The van der Waals surface area contributed by atoms with Crippen LogP contribution in [0.3, 0.4) is 0 Å². The van der Waals surface area contributed by atoms with Crippen LogP contribution in [0.15, 0.2) is 78.0 Å². The number of hydrogen-bond acceptors (Lipinski definition) is 4. The molecule has 1 aromatic heterocycles. The number of urea groups is 1. The summed E-state index contributed by atoms with van der Waals surface area (Å²) in [5, 5.41) is 5.43. The third-order valence-electron chi connectivity index (χ3n) is 4.67. The van der Waals surface area contributed by atoms with E-state index in [0.29, 0.717) is 12.2 Å². The second kappa shape index (κ2) is 9.54. The highest BCUT2D eigenvalue weighted by Gasteiger charge is 2.18. The first kappa shape index (κ1) is 21.5. The Hall–Kier alpha value is -3.19. The fourth-order valence-corrected chi connectivity index (χ4v) is 4.51. The zero-order valence-electron chi connectivity index (χ0n) is 17.0.